The number of carbonyl (C=O) groups is 1. The van der Waals surface area contributed by atoms with Gasteiger partial charge in [-0.05, 0) is 24.7 Å². The molecule has 3 unspecified atom stereocenters. The number of hydrogen-bond donors (Lipinski definition) is 1. The minimum absolute atomic E-state index is 0.374. The fourth-order valence-electron chi connectivity index (χ4n) is 3.19. The van der Waals surface area contributed by atoms with E-state index < -0.39 is 0 Å². The summed E-state index contributed by atoms with van der Waals surface area (Å²) < 4.78 is 0. The molecule has 2 aliphatic heterocycles. The van der Waals surface area contributed by atoms with Crippen molar-refractivity contribution < 1.29 is 4.79 Å². The predicted octanol–water partition coefficient (Wildman–Crippen LogP) is 1.24. The van der Waals surface area contributed by atoms with E-state index in [2.05, 4.69) is 24.1 Å². The third kappa shape index (κ3) is 1.89. The average molecular weight is 210 g/mol. The lowest BCUT2D eigenvalue weighted by molar-refractivity contribution is -0.132. The first-order valence-corrected chi connectivity index (χ1v) is 6.28. The average Bonchev–Trinajstić information content (AvgIpc) is 2.76. The van der Waals surface area contributed by atoms with Gasteiger partial charge in [-0.25, -0.2) is 0 Å². The zero-order valence-electron chi connectivity index (χ0n) is 9.83. The van der Waals surface area contributed by atoms with Crippen molar-refractivity contribution in [3.63, 3.8) is 0 Å². The van der Waals surface area contributed by atoms with Crippen LogP contribution in [0.4, 0.5) is 0 Å². The molecule has 0 bridgehead atoms. The molecule has 0 aromatic carbocycles. The van der Waals surface area contributed by atoms with E-state index in [1.165, 1.54) is 0 Å². The summed E-state index contributed by atoms with van der Waals surface area (Å²) in [6.07, 6.45) is 2.81. The van der Waals surface area contributed by atoms with Crippen molar-refractivity contribution in [1.82, 2.24) is 10.2 Å². The van der Waals surface area contributed by atoms with Gasteiger partial charge in [0.2, 0.25) is 5.91 Å². The smallest absolute Gasteiger partial charge is 0.222 e. The Morgan fingerprint density at radius 2 is 2.20 bits per heavy atom. The summed E-state index contributed by atoms with van der Waals surface area (Å²) in [6.45, 7) is 7.50. The van der Waals surface area contributed by atoms with Crippen LogP contribution in [0.3, 0.4) is 0 Å². The van der Waals surface area contributed by atoms with Gasteiger partial charge in [-0.1, -0.05) is 13.8 Å². The number of rotatable bonds is 3. The zero-order chi connectivity index (χ0) is 10.8. The third-order valence-electron chi connectivity index (χ3n) is 3.92. The predicted molar refractivity (Wildman–Crippen MR) is 60.5 cm³/mol. The summed E-state index contributed by atoms with van der Waals surface area (Å²) in [5, 5.41) is 3.44. The molecule has 3 nitrogen and oxygen atoms in total. The summed E-state index contributed by atoms with van der Waals surface area (Å²) in [5.74, 6) is 1.81. The number of fused-ring (bicyclic) bond motifs is 1. The van der Waals surface area contributed by atoms with Crippen LogP contribution < -0.4 is 5.32 Å². The second-order valence-corrected chi connectivity index (χ2v) is 4.85. The van der Waals surface area contributed by atoms with Crippen LogP contribution >= 0.6 is 0 Å². The summed E-state index contributed by atoms with van der Waals surface area (Å²) in [4.78, 5) is 14.1. The van der Waals surface area contributed by atoms with Crippen LogP contribution in [-0.2, 0) is 4.79 Å². The molecule has 2 aliphatic rings. The molecule has 2 rings (SSSR count). The second kappa shape index (κ2) is 4.52. The number of amides is 1. The van der Waals surface area contributed by atoms with Crippen LogP contribution in [0.15, 0.2) is 0 Å². The van der Waals surface area contributed by atoms with E-state index in [1.54, 1.807) is 0 Å². The Kier molecular flexibility index (Phi) is 3.29. The van der Waals surface area contributed by atoms with Gasteiger partial charge in [0.05, 0.1) is 0 Å². The maximum Gasteiger partial charge on any atom is 0.222 e. The highest BCUT2D eigenvalue weighted by molar-refractivity contribution is 5.77. The van der Waals surface area contributed by atoms with Crippen LogP contribution in [0, 0.1) is 11.8 Å². The molecule has 1 N–H and O–H groups in total. The lowest BCUT2D eigenvalue weighted by atomic mass is 9.93. The number of nitrogens with zero attached hydrogens (tertiary/aromatic N) is 1. The third-order valence-corrected chi connectivity index (χ3v) is 3.92. The molecule has 0 spiro atoms. The maximum absolute atomic E-state index is 12.0. The summed E-state index contributed by atoms with van der Waals surface area (Å²) in [6, 6.07) is 0.504. The van der Waals surface area contributed by atoms with E-state index in [-0.39, 0.29) is 0 Å². The first-order valence-electron chi connectivity index (χ1n) is 6.28. The molecule has 86 valence electrons. The lowest BCUT2D eigenvalue weighted by Crippen LogP contribution is -2.39. The topological polar surface area (TPSA) is 32.3 Å². The van der Waals surface area contributed by atoms with Gasteiger partial charge >= 0.3 is 0 Å². The van der Waals surface area contributed by atoms with Crippen molar-refractivity contribution in [2.24, 2.45) is 11.8 Å². The van der Waals surface area contributed by atoms with Crippen LogP contribution in [0.2, 0.25) is 0 Å². The number of carbonyl (C=O) groups excluding carboxylic acids is 1. The Labute approximate surface area is 92.2 Å². The molecule has 0 aromatic rings. The fraction of sp³-hybridized carbons (Fsp3) is 0.917. The zero-order valence-corrected chi connectivity index (χ0v) is 9.83. The van der Waals surface area contributed by atoms with Gasteiger partial charge in [0.15, 0.2) is 0 Å². The Balaban J connectivity index is 2.04. The summed E-state index contributed by atoms with van der Waals surface area (Å²) in [5.41, 5.74) is 0. The molecule has 3 heteroatoms. The standard InChI is InChI=1S/C12H22N2O/c1-3-5-12(15)14-8-9-6-13-7-10(9)11(14)4-2/h9-11,13H,3-8H2,1-2H3. The Bertz CT molecular complexity index is 242. The van der Waals surface area contributed by atoms with Crippen molar-refractivity contribution in [2.45, 2.75) is 39.2 Å². The van der Waals surface area contributed by atoms with Crippen LogP contribution in [0.5, 0.6) is 0 Å². The van der Waals surface area contributed by atoms with E-state index in [1.807, 2.05) is 0 Å². The molecule has 0 aromatic heterocycles. The molecule has 15 heavy (non-hydrogen) atoms. The monoisotopic (exact) mass is 210 g/mol. The van der Waals surface area contributed by atoms with E-state index in [0.29, 0.717) is 11.9 Å². The van der Waals surface area contributed by atoms with Gasteiger partial charge in [-0.15, -0.1) is 0 Å². The van der Waals surface area contributed by atoms with Gasteiger partial charge in [-0.3, -0.25) is 4.79 Å². The highest BCUT2D eigenvalue weighted by Gasteiger charge is 2.44. The van der Waals surface area contributed by atoms with Crippen LogP contribution in [-0.4, -0.2) is 36.5 Å². The molecule has 2 fully saturated rings. The van der Waals surface area contributed by atoms with Crippen molar-refractivity contribution in [2.75, 3.05) is 19.6 Å². The molecular weight excluding hydrogens is 188 g/mol. The Morgan fingerprint density at radius 3 is 2.87 bits per heavy atom. The highest BCUT2D eigenvalue weighted by atomic mass is 16.2. The Hall–Kier alpha value is -0.570. The summed E-state index contributed by atoms with van der Waals surface area (Å²) in [7, 11) is 0. The van der Waals surface area contributed by atoms with Crippen molar-refractivity contribution >= 4 is 5.91 Å². The van der Waals surface area contributed by atoms with Gasteiger partial charge < -0.3 is 10.2 Å². The van der Waals surface area contributed by atoms with Crippen molar-refractivity contribution in [3.8, 4) is 0 Å². The first-order chi connectivity index (χ1) is 7.27. The Morgan fingerprint density at radius 1 is 1.40 bits per heavy atom. The molecule has 0 radical (unpaired) electrons. The van der Waals surface area contributed by atoms with Gasteiger partial charge in [0, 0.05) is 32.1 Å². The van der Waals surface area contributed by atoms with Crippen LogP contribution in [0.25, 0.3) is 0 Å². The SMILES string of the molecule is CCCC(=O)N1CC2CNCC2C1CC. The van der Waals surface area contributed by atoms with Crippen molar-refractivity contribution in [3.05, 3.63) is 0 Å². The number of hydrogen-bond acceptors (Lipinski definition) is 2. The summed E-state index contributed by atoms with van der Waals surface area (Å²) >= 11 is 0. The van der Waals surface area contributed by atoms with Crippen molar-refractivity contribution in [1.29, 1.82) is 0 Å². The lowest BCUT2D eigenvalue weighted by Gasteiger charge is -2.26. The molecule has 2 heterocycles. The van der Waals surface area contributed by atoms with E-state index in [9.17, 15) is 4.79 Å². The van der Waals surface area contributed by atoms with Crippen LogP contribution in [0.1, 0.15) is 33.1 Å². The van der Waals surface area contributed by atoms with E-state index in [0.717, 1.165) is 50.7 Å². The second-order valence-electron chi connectivity index (χ2n) is 4.85. The van der Waals surface area contributed by atoms with Gasteiger partial charge in [0.1, 0.15) is 0 Å². The molecule has 0 aliphatic carbocycles. The fourth-order valence-corrected chi connectivity index (χ4v) is 3.19. The maximum atomic E-state index is 12.0. The molecule has 0 saturated carbocycles. The highest BCUT2D eigenvalue weighted by Crippen LogP contribution is 2.34. The van der Waals surface area contributed by atoms with Gasteiger partial charge in [-0.2, -0.15) is 0 Å². The number of likely N-dealkylation sites (tertiary alicyclic amines) is 1. The molecule has 2 saturated heterocycles. The molecule has 1 amide bonds. The number of nitrogens with one attached hydrogen (secondary N) is 1. The normalized spacial score (nSPS) is 34.5. The first kappa shape index (κ1) is 10.9. The minimum atomic E-state index is 0.374. The minimum Gasteiger partial charge on any atom is -0.339 e. The molecule has 3 atom stereocenters. The van der Waals surface area contributed by atoms with E-state index in [4.69, 9.17) is 0 Å². The largest absolute Gasteiger partial charge is 0.339 e. The van der Waals surface area contributed by atoms with E-state index >= 15 is 0 Å². The quantitative estimate of drug-likeness (QED) is 0.760. The molecular formula is C12H22N2O. The van der Waals surface area contributed by atoms with Gasteiger partial charge in [0.25, 0.3) is 0 Å².